The Bertz CT molecular complexity index is 702. The van der Waals surface area contributed by atoms with Gasteiger partial charge in [-0.3, -0.25) is 0 Å². The molecule has 112 valence electrons. The molecule has 3 rings (SSSR count). The van der Waals surface area contributed by atoms with Crippen molar-refractivity contribution >= 4 is 23.6 Å². The Morgan fingerprint density at radius 2 is 1.73 bits per heavy atom. The van der Waals surface area contributed by atoms with Crippen LogP contribution in [0.3, 0.4) is 0 Å². The topological polar surface area (TPSA) is 26.3 Å². The van der Waals surface area contributed by atoms with Crippen LogP contribution in [0.4, 0.5) is 0 Å². The highest BCUT2D eigenvalue weighted by atomic mass is 35.5. The van der Waals surface area contributed by atoms with E-state index in [0.29, 0.717) is 10.8 Å². The van der Waals surface area contributed by atoms with E-state index in [2.05, 4.69) is 6.07 Å². The van der Waals surface area contributed by atoms with Gasteiger partial charge in [-0.2, -0.15) is 0 Å². The summed E-state index contributed by atoms with van der Waals surface area (Å²) in [5.74, 6) is 0.247. The molecule has 0 N–H and O–H groups in total. The van der Waals surface area contributed by atoms with E-state index in [0.717, 1.165) is 18.4 Å². The molecule has 2 aromatic carbocycles. The van der Waals surface area contributed by atoms with Gasteiger partial charge in [0.05, 0.1) is 0 Å². The molecule has 0 fully saturated rings. The predicted molar refractivity (Wildman–Crippen MR) is 89.2 cm³/mol. The Labute approximate surface area is 135 Å². The number of hydrogen-bond acceptors (Lipinski definition) is 2. The fourth-order valence-corrected chi connectivity index (χ4v) is 2.79. The average Bonchev–Trinajstić information content (AvgIpc) is 2.54. The maximum atomic E-state index is 11.9. The SMILES string of the molecule is O=C(/C=C/c1ccc(Cl)cc1)Oc1ccc2c(c1)CCCC2. The van der Waals surface area contributed by atoms with Crippen LogP contribution in [0.1, 0.15) is 29.5 Å². The molecule has 0 atom stereocenters. The summed E-state index contributed by atoms with van der Waals surface area (Å²) in [6.07, 6.45) is 7.80. The summed E-state index contributed by atoms with van der Waals surface area (Å²) in [7, 11) is 0. The third-order valence-electron chi connectivity index (χ3n) is 3.82. The van der Waals surface area contributed by atoms with E-state index < -0.39 is 0 Å². The van der Waals surface area contributed by atoms with Gasteiger partial charge in [-0.15, -0.1) is 0 Å². The number of rotatable bonds is 3. The van der Waals surface area contributed by atoms with Gasteiger partial charge in [-0.1, -0.05) is 29.8 Å². The molecule has 1 aliphatic rings. The summed E-state index contributed by atoms with van der Waals surface area (Å²) in [5.41, 5.74) is 3.59. The summed E-state index contributed by atoms with van der Waals surface area (Å²) < 4.78 is 5.37. The van der Waals surface area contributed by atoms with E-state index >= 15 is 0 Å². The van der Waals surface area contributed by atoms with E-state index in [4.69, 9.17) is 16.3 Å². The smallest absolute Gasteiger partial charge is 0.336 e. The molecule has 0 radical (unpaired) electrons. The van der Waals surface area contributed by atoms with Crippen molar-refractivity contribution in [1.82, 2.24) is 0 Å². The zero-order valence-electron chi connectivity index (χ0n) is 12.2. The van der Waals surface area contributed by atoms with Crippen molar-refractivity contribution in [1.29, 1.82) is 0 Å². The first kappa shape index (κ1) is 14.9. The maximum Gasteiger partial charge on any atom is 0.336 e. The van der Waals surface area contributed by atoms with Crippen LogP contribution in [0.2, 0.25) is 5.02 Å². The fourth-order valence-electron chi connectivity index (χ4n) is 2.66. The Hall–Kier alpha value is -2.06. The summed E-state index contributed by atoms with van der Waals surface area (Å²) >= 11 is 5.82. The second kappa shape index (κ2) is 6.80. The molecule has 0 heterocycles. The highest BCUT2D eigenvalue weighted by Crippen LogP contribution is 2.25. The number of halogens is 1. The number of aryl methyl sites for hydroxylation is 2. The number of hydrogen-bond donors (Lipinski definition) is 0. The van der Waals surface area contributed by atoms with Crippen molar-refractivity contribution in [3.8, 4) is 5.75 Å². The van der Waals surface area contributed by atoms with Crippen LogP contribution in [0.15, 0.2) is 48.5 Å². The van der Waals surface area contributed by atoms with Crippen molar-refractivity contribution in [3.05, 3.63) is 70.3 Å². The van der Waals surface area contributed by atoms with Crippen LogP contribution >= 0.6 is 11.6 Å². The molecule has 1 aliphatic carbocycles. The first-order chi connectivity index (χ1) is 10.7. The van der Waals surface area contributed by atoms with E-state index in [1.165, 1.54) is 30.0 Å². The maximum absolute atomic E-state index is 11.9. The second-order valence-corrected chi connectivity index (χ2v) is 5.88. The fraction of sp³-hybridized carbons (Fsp3) is 0.211. The van der Waals surface area contributed by atoms with E-state index in [1.807, 2.05) is 24.3 Å². The predicted octanol–water partition coefficient (Wildman–Crippen LogP) is 4.84. The van der Waals surface area contributed by atoms with E-state index in [9.17, 15) is 4.79 Å². The molecular formula is C19H17ClO2. The van der Waals surface area contributed by atoms with E-state index in [-0.39, 0.29) is 5.97 Å². The molecule has 3 heteroatoms. The number of ether oxygens (including phenoxy) is 1. The summed E-state index contributed by atoms with van der Waals surface area (Å²) in [6.45, 7) is 0. The van der Waals surface area contributed by atoms with Crippen LogP contribution in [-0.2, 0) is 17.6 Å². The summed E-state index contributed by atoms with van der Waals surface area (Å²) in [6, 6.07) is 13.2. The lowest BCUT2D eigenvalue weighted by Crippen LogP contribution is -2.06. The minimum Gasteiger partial charge on any atom is -0.423 e. The Morgan fingerprint density at radius 1 is 1.00 bits per heavy atom. The molecular weight excluding hydrogens is 296 g/mol. The van der Waals surface area contributed by atoms with Gasteiger partial charge < -0.3 is 4.74 Å². The lowest BCUT2D eigenvalue weighted by Gasteiger charge is -2.16. The Kier molecular flexibility index (Phi) is 4.59. The first-order valence-electron chi connectivity index (χ1n) is 7.48. The molecule has 0 saturated carbocycles. The molecule has 0 aromatic heterocycles. The molecule has 0 unspecified atom stereocenters. The highest BCUT2D eigenvalue weighted by molar-refractivity contribution is 6.30. The second-order valence-electron chi connectivity index (χ2n) is 5.44. The Morgan fingerprint density at radius 3 is 2.50 bits per heavy atom. The van der Waals surface area contributed by atoms with Crippen LogP contribution in [-0.4, -0.2) is 5.97 Å². The van der Waals surface area contributed by atoms with Crippen LogP contribution in [0.25, 0.3) is 6.08 Å². The molecule has 0 amide bonds. The van der Waals surface area contributed by atoms with Crippen molar-refractivity contribution < 1.29 is 9.53 Å². The van der Waals surface area contributed by atoms with Gasteiger partial charge in [0.25, 0.3) is 0 Å². The van der Waals surface area contributed by atoms with Crippen LogP contribution in [0, 0.1) is 0 Å². The lowest BCUT2D eigenvalue weighted by atomic mass is 9.92. The highest BCUT2D eigenvalue weighted by Gasteiger charge is 2.10. The van der Waals surface area contributed by atoms with Gasteiger partial charge in [-0.05, 0) is 72.7 Å². The molecule has 2 aromatic rings. The van der Waals surface area contributed by atoms with Crippen LogP contribution in [0.5, 0.6) is 5.75 Å². The van der Waals surface area contributed by atoms with Gasteiger partial charge in [0.1, 0.15) is 5.75 Å². The number of carbonyl (C=O) groups excluding carboxylic acids is 1. The normalized spacial score (nSPS) is 13.9. The van der Waals surface area contributed by atoms with Crippen molar-refractivity contribution in [2.45, 2.75) is 25.7 Å². The van der Waals surface area contributed by atoms with Gasteiger partial charge >= 0.3 is 5.97 Å². The summed E-state index contributed by atoms with van der Waals surface area (Å²) in [4.78, 5) is 11.9. The third-order valence-corrected chi connectivity index (χ3v) is 4.07. The largest absolute Gasteiger partial charge is 0.423 e. The number of fused-ring (bicyclic) bond motifs is 1. The zero-order chi connectivity index (χ0) is 15.4. The molecule has 22 heavy (non-hydrogen) atoms. The average molecular weight is 313 g/mol. The molecule has 0 spiro atoms. The van der Waals surface area contributed by atoms with Gasteiger partial charge in [0, 0.05) is 11.1 Å². The first-order valence-corrected chi connectivity index (χ1v) is 7.86. The molecule has 0 bridgehead atoms. The van der Waals surface area contributed by atoms with Crippen molar-refractivity contribution in [2.75, 3.05) is 0 Å². The van der Waals surface area contributed by atoms with E-state index in [1.54, 1.807) is 18.2 Å². The zero-order valence-corrected chi connectivity index (χ0v) is 13.0. The minimum absolute atomic E-state index is 0.370. The Balaban J connectivity index is 1.65. The van der Waals surface area contributed by atoms with Crippen molar-refractivity contribution in [2.24, 2.45) is 0 Å². The molecule has 0 aliphatic heterocycles. The van der Waals surface area contributed by atoms with Gasteiger partial charge in [0.2, 0.25) is 0 Å². The summed E-state index contributed by atoms with van der Waals surface area (Å²) in [5, 5.41) is 0.675. The molecule has 0 saturated heterocycles. The molecule has 2 nitrogen and oxygen atoms in total. The lowest BCUT2D eigenvalue weighted by molar-refractivity contribution is -0.128. The van der Waals surface area contributed by atoms with Gasteiger partial charge in [-0.25, -0.2) is 4.79 Å². The van der Waals surface area contributed by atoms with Gasteiger partial charge in [0.15, 0.2) is 0 Å². The quantitative estimate of drug-likeness (QED) is 0.460. The third kappa shape index (κ3) is 3.77. The minimum atomic E-state index is -0.370. The monoisotopic (exact) mass is 312 g/mol. The number of esters is 1. The number of carbonyl (C=O) groups is 1. The number of benzene rings is 2. The van der Waals surface area contributed by atoms with Crippen molar-refractivity contribution in [3.63, 3.8) is 0 Å². The van der Waals surface area contributed by atoms with Crippen LogP contribution < -0.4 is 4.74 Å². The standard InChI is InChI=1S/C19H17ClO2/c20-17-9-5-14(6-10-17)7-12-19(21)22-18-11-8-15-3-1-2-4-16(15)13-18/h5-13H,1-4H2/b12-7+.